The number of rotatable bonds is 8. The number of aromatic nitrogens is 1. The second-order valence-electron chi connectivity index (χ2n) is 4.43. The molecule has 0 bridgehead atoms. The standard InChI is InChI=1S/C13H21F3N2O/c1-3-17-11(2)12-6-4-7-18(12)8-5-9-19-10-13(14,15)16/h4,6-7,11,17H,3,5,8-10H2,1-2H3. The van der Waals surface area contributed by atoms with Crippen molar-refractivity contribution in [1.82, 2.24) is 9.88 Å². The zero-order valence-corrected chi connectivity index (χ0v) is 11.3. The summed E-state index contributed by atoms with van der Waals surface area (Å²) in [4.78, 5) is 0. The number of nitrogens with one attached hydrogen (secondary N) is 1. The predicted octanol–water partition coefficient (Wildman–Crippen LogP) is 3.13. The Morgan fingerprint density at radius 3 is 2.79 bits per heavy atom. The predicted molar refractivity (Wildman–Crippen MR) is 68.0 cm³/mol. The van der Waals surface area contributed by atoms with Gasteiger partial charge in [-0.3, -0.25) is 0 Å². The van der Waals surface area contributed by atoms with Crippen molar-refractivity contribution in [2.45, 2.75) is 39.0 Å². The monoisotopic (exact) mass is 278 g/mol. The maximum Gasteiger partial charge on any atom is 0.411 e. The molecule has 1 unspecified atom stereocenters. The maximum atomic E-state index is 11.9. The number of nitrogens with zero attached hydrogens (tertiary/aromatic N) is 1. The first-order valence-corrected chi connectivity index (χ1v) is 6.47. The molecular weight excluding hydrogens is 257 g/mol. The first kappa shape index (κ1) is 16.0. The molecule has 6 heteroatoms. The molecule has 0 spiro atoms. The van der Waals surface area contributed by atoms with Gasteiger partial charge in [-0.05, 0) is 32.0 Å². The fraction of sp³-hybridized carbons (Fsp3) is 0.692. The van der Waals surface area contributed by atoms with Crippen LogP contribution in [0.25, 0.3) is 0 Å². The van der Waals surface area contributed by atoms with Crippen LogP contribution in [0.2, 0.25) is 0 Å². The highest BCUT2D eigenvalue weighted by atomic mass is 19.4. The van der Waals surface area contributed by atoms with Crippen LogP contribution < -0.4 is 5.32 Å². The van der Waals surface area contributed by atoms with Gasteiger partial charge in [0, 0.05) is 31.1 Å². The van der Waals surface area contributed by atoms with Crippen LogP contribution in [0.5, 0.6) is 0 Å². The molecule has 0 aromatic carbocycles. The van der Waals surface area contributed by atoms with E-state index >= 15 is 0 Å². The summed E-state index contributed by atoms with van der Waals surface area (Å²) in [6.07, 6.45) is -1.73. The minimum atomic E-state index is -4.24. The molecule has 0 aliphatic rings. The van der Waals surface area contributed by atoms with Crippen molar-refractivity contribution in [3.8, 4) is 0 Å². The fourth-order valence-electron chi connectivity index (χ4n) is 1.96. The zero-order valence-electron chi connectivity index (χ0n) is 11.3. The van der Waals surface area contributed by atoms with Gasteiger partial charge in [-0.1, -0.05) is 6.92 Å². The fourth-order valence-corrected chi connectivity index (χ4v) is 1.96. The van der Waals surface area contributed by atoms with E-state index in [1.54, 1.807) is 0 Å². The van der Waals surface area contributed by atoms with Crippen LogP contribution in [0.1, 0.15) is 32.0 Å². The summed E-state index contributed by atoms with van der Waals surface area (Å²) in [7, 11) is 0. The van der Waals surface area contributed by atoms with Crippen molar-refractivity contribution in [3.63, 3.8) is 0 Å². The molecule has 0 radical (unpaired) electrons. The Kier molecular flexibility index (Phi) is 6.37. The number of aryl methyl sites for hydroxylation is 1. The molecule has 1 heterocycles. The Morgan fingerprint density at radius 1 is 1.42 bits per heavy atom. The smallest absolute Gasteiger partial charge is 0.372 e. The molecule has 0 saturated heterocycles. The molecular formula is C13H21F3N2O. The highest BCUT2D eigenvalue weighted by Gasteiger charge is 2.27. The van der Waals surface area contributed by atoms with Crippen LogP contribution in [-0.4, -0.2) is 30.5 Å². The van der Waals surface area contributed by atoms with E-state index in [-0.39, 0.29) is 12.6 Å². The number of halogens is 3. The van der Waals surface area contributed by atoms with Gasteiger partial charge >= 0.3 is 6.18 Å². The Morgan fingerprint density at radius 2 is 2.16 bits per heavy atom. The van der Waals surface area contributed by atoms with E-state index in [1.165, 1.54) is 0 Å². The van der Waals surface area contributed by atoms with E-state index in [0.29, 0.717) is 13.0 Å². The Hall–Kier alpha value is -1.01. The number of ether oxygens (including phenoxy) is 1. The summed E-state index contributed by atoms with van der Waals surface area (Å²) in [6, 6.07) is 4.19. The lowest BCUT2D eigenvalue weighted by molar-refractivity contribution is -0.174. The summed E-state index contributed by atoms with van der Waals surface area (Å²) < 4.78 is 42.3. The lowest BCUT2D eigenvalue weighted by Crippen LogP contribution is -2.21. The number of hydrogen-bond acceptors (Lipinski definition) is 2. The second kappa shape index (κ2) is 7.55. The zero-order chi connectivity index (χ0) is 14.3. The largest absolute Gasteiger partial charge is 0.411 e. The quantitative estimate of drug-likeness (QED) is 0.739. The molecule has 0 aliphatic heterocycles. The van der Waals surface area contributed by atoms with Crippen molar-refractivity contribution in [2.24, 2.45) is 0 Å². The third-order valence-electron chi connectivity index (χ3n) is 2.77. The third-order valence-corrected chi connectivity index (χ3v) is 2.77. The second-order valence-corrected chi connectivity index (χ2v) is 4.43. The minimum absolute atomic E-state index is 0.118. The van der Waals surface area contributed by atoms with Crippen LogP contribution >= 0.6 is 0 Å². The summed E-state index contributed by atoms with van der Waals surface area (Å²) in [5, 5.41) is 3.31. The molecule has 110 valence electrons. The number of hydrogen-bond donors (Lipinski definition) is 1. The van der Waals surface area contributed by atoms with Gasteiger partial charge in [0.25, 0.3) is 0 Å². The Labute approximate surface area is 111 Å². The van der Waals surface area contributed by atoms with Gasteiger partial charge in [-0.25, -0.2) is 0 Å². The third kappa shape index (κ3) is 6.11. The molecule has 1 rings (SSSR count). The van der Waals surface area contributed by atoms with E-state index in [9.17, 15) is 13.2 Å². The van der Waals surface area contributed by atoms with Gasteiger partial charge in [0.05, 0.1) is 0 Å². The Bertz CT molecular complexity index is 363. The molecule has 19 heavy (non-hydrogen) atoms. The van der Waals surface area contributed by atoms with Crippen LogP contribution in [0.3, 0.4) is 0 Å². The van der Waals surface area contributed by atoms with Crippen molar-refractivity contribution in [1.29, 1.82) is 0 Å². The maximum absolute atomic E-state index is 11.9. The van der Waals surface area contributed by atoms with Crippen LogP contribution in [0, 0.1) is 0 Å². The Balaban J connectivity index is 2.32. The normalized spacial score (nSPS) is 13.7. The summed E-state index contributed by atoms with van der Waals surface area (Å²) in [5.41, 5.74) is 1.14. The average Bonchev–Trinajstić information content (AvgIpc) is 2.75. The van der Waals surface area contributed by atoms with Crippen LogP contribution in [-0.2, 0) is 11.3 Å². The van der Waals surface area contributed by atoms with Crippen molar-refractivity contribution >= 4 is 0 Å². The summed E-state index contributed by atoms with van der Waals surface area (Å²) >= 11 is 0. The average molecular weight is 278 g/mol. The molecule has 1 N–H and O–H groups in total. The molecule has 0 amide bonds. The first-order chi connectivity index (χ1) is 8.94. The van der Waals surface area contributed by atoms with Gasteiger partial charge in [0.1, 0.15) is 6.61 Å². The van der Waals surface area contributed by atoms with Crippen molar-refractivity contribution < 1.29 is 17.9 Å². The van der Waals surface area contributed by atoms with Gasteiger partial charge < -0.3 is 14.6 Å². The highest BCUT2D eigenvalue weighted by Crippen LogP contribution is 2.15. The van der Waals surface area contributed by atoms with Gasteiger partial charge in [-0.2, -0.15) is 13.2 Å². The molecule has 3 nitrogen and oxygen atoms in total. The molecule has 1 aromatic rings. The van der Waals surface area contributed by atoms with E-state index in [2.05, 4.69) is 17.0 Å². The molecule has 0 saturated carbocycles. The van der Waals surface area contributed by atoms with Gasteiger partial charge in [0.15, 0.2) is 0 Å². The van der Waals surface area contributed by atoms with Crippen LogP contribution in [0.15, 0.2) is 18.3 Å². The SMILES string of the molecule is CCNC(C)c1cccn1CCCOCC(F)(F)F. The van der Waals surface area contributed by atoms with E-state index in [4.69, 9.17) is 0 Å². The van der Waals surface area contributed by atoms with Crippen molar-refractivity contribution in [3.05, 3.63) is 24.0 Å². The molecule has 1 aromatic heterocycles. The van der Waals surface area contributed by atoms with E-state index in [1.807, 2.05) is 29.8 Å². The lowest BCUT2D eigenvalue weighted by atomic mass is 10.2. The minimum Gasteiger partial charge on any atom is -0.372 e. The van der Waals surface area contributed by atoms with E-state index < -0.39 is 12.8 Å². The molecule has 0 fully saturated rings. The van der Waals surface area contributed by atoms with Gasteiger partial charge in [0.2, 0.25) is 0 Å². The van der Waals surface area contributed by atoms with Crippen molar-refractivity contribution in [2.75, 3.05) is 19.8 Å². The van der Waals surface area contributed by atoms with E-state index in [0.717, 1.165) is 12.2 Å². The lowest BCUT2D eigenvalue weighted by Gasteiger charge is -2.16. The topological polar surface area (TPSA) is 26.2 Å². The molecule has 0 aliphatic carbocycles. The summed E-state index contributed by atoms with van der Waals surface area (Å²) in [6.45, 7) is 4.59. The first-order valence-electron chi connectivity index (χ1n) is 6.47. The highest BCUT2D eigenvalue weighted by molar-refractivity contribution is 5.11. The number of alkyl halides is 3. The van der Waals surface area contributed by atoms with Gasteiger partial charge in [-0.15, -0.1) is 0 Å². The van der Waals surface area contributed by atoms with Crippen LogP contribution in [0.4, 0.5) is 13.2 Å². The molecule has 1 atom stereocenters. The summed E-state index contributed by atoms with van der Waals surface area (Å²) in [5.74, 6) is 0.